The molecular weight excluding hydrogens is 458 g/mol. The Balaban J connectivity index is 1.33. The van der Waals surface area contributed by atoms with Gasteiger partial charge < -0.3 is 9.73 Å². The van der Waals surface area contributed by atoms with Gasteiger partial charge in [0, 0.05) is 44.5 Å². The van der Waals surface area contributed by atoms with Crippen LogP contribution in [-0.2, 0) is 21.4 Å². The summed E-state index contributed by atoms with van der Waals surface area (Å²) in [6.07, 6.45) is 5.12. The first kappa shape index (κ1) is 22.1. The fourth-order valence-electron chi connectivity index (χ4n) is 4.11. The van der Waals surface area contributed by atoms with Gasteiger partial charge in [0.25, 0.3) is 0 Å². The molecule has 0 atom stereocenters. The molecule has 176 valence electrons. The molecule has 5 rings (SSSR count). The van der Waals surface area contributed by atoms with Crippen LogP contribution < -0.4 is 11.1 Å². The maximum Gasteiger partial charge on any atom is 0.419 e. The zero-order valence-electron chi connectivity index (χ0n) is 18.3. The number of amides is 1. The summed E-state index contributed by atoms with van der Waals surface area (Å²) in [4.78, 5) is 25.2. The van der Waals surface area contributed by atoms with Crippen LogP contribution in [0.1, 0.15) is 19.3 Å². The number of oxazole rings is 1. The highest BCUT2D eigenvalue weighted by Crippen LogP contribution is 2.25. The third-order valence-corrected chi connectivity index (χ3v) is 7.73. The summed E-state index contributed by atoms with van der Waals surface area (Å²) in [5, 5.41) is 7.06. The van der Waals surface area contributed by atoms with Crippen molar-refractivity contribution >= 4 is 32.7 Å². The van der Waals surface area contributed by atoms with Gasteiger partial charge in [0.05, 0.1) is 21.8 Å². The van der Waals surface area contributed by atoms with Gasteiger partial charge in [-0.05, 0) is 43.2 Å². The van der Waals surface area contributed by atoms with E-state index in [2.05, 4.69) is 10.4 Å². The molecule has 1 fully saturated rings. The lowest BCUT2D eigenvalue weighted by molar-refractivity contribution is -0.116. The van der Waals surface area contributed by atoms with E-state index in [1.165, 1.54) is 21.0 Å². The number of carbonyl (C=O) groups is 1. The number of hydrogen-bond donors (Lipinski definition) is 1. The maximum atomic E-state index is 12.8. The Kier molecular flexibility index (Phi) is 5.80. The number of nitrogens with zero attached hydrogens (tertiary/aromatic N) is 4. The molecule has 1 saturated heterocycles. The molecule has 11 heteroatoms. The van der Waals surface area contributed by atoms with Crippen molar-refractivity contribution in [2.24, 2.45) is 0 Å². The van der Waals surface area contributed by atoms with Crippen molar-refractivity contribution in [3.63, 3.8) is 0 Å². The Bertz CT molecular complexity index is 1500. The Hall–Kier alpha value is -3.70. The first-order valence-electron chi connectivity index (χ1n) is 11.0. The van der Waals surface area contributed by atoms with Crippen molar-refractivity contribution < 1.29 is 17.6 Å². The zero-order chi connectivity index (χ0) is 23.7. The van der Waals surface area contributed by atoms with Crippen LogP contribution in [0.15, 0.2) is 75.0 Å². The van der Waals surface area contributed by atoms with Gasteiger partial charge in [0.15, 0.2) is 5.58 Å². The lowest BCUT2D eigenvalue weighted by Gasteiger charge is -2.15. The standard InChI is InChI=1S/C23H23N5O5S/c29-22(25-18-6-1-2-7-19(18)28-14-5-11-24-28)10-15-27-20-9-8-17(16-21(20)33-23(27)30)34(31,32)26-12-3-4-13-26/h1-2,5-9,11,14,16H,3-4,10,12-13,15H2,(H,25,29). The lowest BCUT2D eigenvalue weighted by atomic mass is 10.2. The molecule has 0 aliphatic carbocycles. The van der Waals surface area contributed by atoms with E-state index in [4.69, 9.17) is 4.42 Å². The summed E-state index contributed by atoms with van der Waals surface area (Å²) >= 11 is 0. The SMILES string of the molecule is O=C(CCn1c(=O)oc2cc(S(=O)(=O)N3CCCC3)ccc21)Nc1ccccc1-n1cccn1. The van der Waals surface area contributed by atoms with Crippen LogP contribution in [0.2, 0.25) is 0 Å². The van der Waals surface area contributed by atoms with Crippen LogP contribution in [-0.4, -0.2) is 46.1 Å². The number of aryl methyl sites for hydroxylation is 1. The topological polar surface area (TPSA) is 119 Å². The molecule has 1 aliphatic rings. The number of benzene rings is 2. The first-order chi connectivity index (χ1) is 16.4. The van der Waals surface area contributed by atoms with Gasteiger partial charge in [-0.25, -0.2) is 17.9 Å². The van der Waals surface area contributed by atoms with E-state index in [0.29, 0.717) is 24.3 Å². The molecule has 0 bridgehead atoms. The summed E-state index contributed by atoms with van der Waals surface area (Å²) in [5.74, 6) is -0.926. The van der Waals surface area contributed by atoms with Gasteiger partial charge in [-0.2, -0.15) is 9.40 Å². The van der Waals surface area contributed by atoms with Gasteiger partial charge >= 0.3 is 5.76 Å². The highest BCUT2D eigenvalue weighted by molar-refractivity contribution is 7.89. The quantitative estimate of drug-likeness (QED) is 0.433. The van der Waals surface area contributed by atoms with Gasteiger partial charge in [-0.15, -0.1) is 0 Å². The Morgan fingerprint density at radius 1 is 1.09 bits per heavy atom. The number of carbonyl (C=O) groups excluding carboxylic acids is 1. The third kappa shape index (κ3) is 4.15. The van der Waals surface area contributed by atoms with E-state index < -0.39 is 15.8 Å². The van der Waals surface area contributed by atoms with Crippen LogP contribution in [0.4, 0.5) is 5.69 Å². The number of hydrogen-bond acceptors (Lipinski definition) is 6. The molecule has 0 saturated carbocycles. The molecule has 0 unspecified atom stereocenters. The fraction of sp³-hybridized carbons (Fsp3) is 0.261. The largest absolute Gasteiger partial charge is 0.419 e. The molecule has 1 amide bonds. The van der Waals surface area contributed by atoms with Gasteiger partial charge in [-0.1, -0.05) is 12.1 Å². The number of fused-ring (bicyclic) bond motifs is 1. The smallest absolute Gasteiger partial charge is 0.408 e. The molecule has 1 aliphatic heterocycles. The van der Waals surface area contributed by atoms with Crippen molar-refractivity contribution in [3.05, 3.63) is 71.5 Å². The minimum atomic E-state index is -3.63. The van der Waals surface area contributed by atoms with Crippen molar-refractivity contribution in [3.8, 4) is 5.69 Å². The molecule has 1 N–H and O–H groups in total. The highest BCUT2D eigenvalue weighted by atomic mass is 32.2. The van der Waals surface area contributed by atoms with Crippen LogP contribution in [0, 0.1) is 0 Å². The Labute approximate surface area is 195 Å². The molecule has 0 spiro atoms. The molecule has 2 aromatic carbocycles. The predicted octanol–water partition coefficient (Wildman–Crippen LogP) is 2.59. The monoisotopic (exact) mass is 481 g/mol. The number of sulfonamides is 1. The lowest BCUT2D eigenvalue weighted by Crippen LogP contribution is -2.27. The second kappa shape index (κ2) is 8.92. The average molecular weight is 482 g/mol. The number of nitrogens with one attached hydrogen (secondary N) is 1. The van der Waals surface area contributed by atoms with Crippen LogP contribution in [0.5, 0.6) is 0 Å². The molecule has 4 aromatic rings. The second-order valence-electron chi connectivity index (χ2n) is 8.03. The molecule has 3 heterocycles. The molecular formula is C23H23N5O5S. The van der Waals surface area contributed by atoms with Crippen molar-refractivity contribution in [2.75, 3.05) is 18.4 Å². The molecule has 34 heavy (non-hydrogen) atoms. The maximum absolute atomic E-state index is 12.8. The van der Waals surface area contributed by atoms with Crippen molar-refractivity contribution in [1.29, 1.82) is 0 Å². The second-order valence-corrected chi connectivity index (χ2v) is 9.96. The highest BCUT2D eigenvalue weighted by Gasteiger charge is 2.28. The van der Waals surface area contributed by atoms with Gasteiger partial charge in [-0.3, -0.25) is 9.36 Å². The third-order valence-electron chi connectivity index (χ3n) is 5.83. The van der Waals surface area contributed by atoms with E-state index in [-0.39, 0.29) is 29.4 Å². The molecule has 0 radical (unpaired) electrons. The first-order valence-corrected chi connectivity index (χ1v) is 12.4. The summed E-state index contributed by atoms with van der Waals surface area (Å²) in [7, 11) is -3.63. The number of rotatable bonds is 7. The van der Waals surface area contributed by atoms with Crippen LogP contribution in [0.25, 0.3) is 16.8 Å². The Morgan fingerprint density at radius 2 is 1.88 bits per heavy atom. The minimum absolute atomic E-state index is 0.0236. The normalized spacial score (nSPS) is 14.6. The van der Waals surface area contributed by atoms with Crippen LogP contribution >= 0.6 is 0 Å². The van der Waals surface area contributed by atoms with E-state index in [0.717, 1.165) is 18.5 Å². The Morgan fingerprint density at radius 3 is 2.65 bits per heavy atom. The van der Waals surface area contributed by atoms with E-state index in [9.17, 15) is 18.0 Å². The summed E-state index contributed by atoms with van der Waals surface area (Å²) in [6.45, 7) is 1.06. The van der Waals surface area contributed by atoms with E-state index in [1.807, 2.05) is 18.2 Å². The number of aromatic nitrogens is 3. The van der Waals surface area contributed by atoms with Gasteiger partial charge in [0.2, 0.25) is 15.9 Å². The molecule has 2 aromatic heterocycles. The summed E-state index contributed by atoms with van der Waals surface area (Å²) < 4.78 is 35.3. The fourth-order valence-corrected chi connectivity index (χ4v) is 5.65. The zero-order valence-corrected chi connectivity index (χ0v) is 19.1. The van der Waals surface area contributed by atoms with Crippen molar-refractivity contribution in [2.45, 2.75) is 30.7 Å². The number of para-hydroxylation sites is 2. The number of anilines is 1. The summed E-state index contributed by atoms with van der Waals surface area (Å²) in [5.41, 5.74) is 1.93. The van der Waals surface area contributed by atoms with Crippen molar-refractivity contribution in [1.82, 2.24) is 18.7 Å². The molecule has 10 nitrogen and oxygen atoms in total. The van der Waals surface area contributed by atoms with E-state index in [1.54, 1.807) is 35.3 Å². The van der Waals surface area contributed by atoms with Crippen LogP contribution in [0.3, 0.4) is 0 Å². The van der Waals surface area contributed by atoms with E-state index >= 15 is 0 Å². The van der Waals surface area contributed by atoms with Gasteiger partial charge in [0.1, 0.15) is 0 Å². The minimum Gasteiger partial charge on any atom is -0.408 e. The average Bonchev–Trinajstić information content (AvgIpc) is 3.59. The summed E-state index contributed by atoms with van der Waals surface area (Å²) in [6, 6.07) is 13.5. The predicted molar refractivity (Wildman–Crippen MR) is 125 cm³/mol.